The molecule has 1 saturated heterocycles. The molecule has 12 heteroatoms. The number of rotatable bonds is 6. The SMILES string of the molecule is CCC(Nc1ncnc2c1ncn2C1CCCCO1)c1nc2ccsc2c(=O)n1-c1cc(F)cc(F)c1. The molecule has 0 spiro atoms. The quantitative estimate of drug-likeness (QED) is 0.329. The van der Waals surface area contributed by atoms with Gasteiger partial charge in [-0.1, -0.05) is 6.92 Å². The molecule has 1 fully saturated rings. The minimum Gasteiger partial charge on any atom is -0.358 e. The van der Waals surface area contributed by atoms with Gasteiger partial charge >= 0.3 is 0 Å². The zero-order valence-corrected chi connectivity index (χ0v) is 20.7. The van der Waals surface area contributed by atoms with Crippen LogP contribution in [-0.2, 0) is 4.74 Å². The second-order valence-corrected chi connectivity index (χ2v) is 9.76. The first kappa shape index (κ1) is 23.6. The molecule has 0 aliphatic carbocycles. The van der Waals surface area contributed by atoms with Gasteiger partial charge in [0.15, 0.2) is 17.0 Å². The monoisotopic (exact) mass is 523 g/mol. The molecule has 5 aromatic rings. The van der Waals surface area contributed by atoms with Gasteiger partial charge in [-0.25, -0.2) is 28.7 Å². The van der Waals surface area contributed by atoms with E-state index in [-0.39, 0.29) is 11.9 Å². The summed E-state index contributed by atoms with van der Waals surface area (Å²) in [5.74, 6) is -0.797. The van der Waals surface area contributed by atoms with Gasteiger partial charge in [-0.15, -0.1) is 11.3 Å². The third-order valence-electron chi connectivity index (χ3n) is 6.47. The summed E-state index contributed by atoms with van der Waals surface area (Å²) in [6.45, 7) is 2.61. The standard InChI is InChI=1S/C25H23F2N7O2S/c1-2-17(31-22-20-24(29-12-28-22)33(13-30-20)19-5-3-4-7-36-19)23-32-18-6-8-37-21(18)25(35)34(23)16-10-14(26)9-15(27)11-16/h6,8-13,17,19H,2-5,7H2,1H3,(H,28,29,31). The summed E-state index contributed by atoms with van der Waals surface area (Å²) in [4.78, 5) is 31.6. The van der Waals surface area contributed by atoms with Crippen LogP contribution in [-0.4, -0.2) is 35.7 Å². The zero-order valence-electron chi connectivity index (χ0n) is 19.9. The minimum absolute atomic E-state index is 0.0621. The van der Waals surface area contributed by atoms with Crippen LogP contribution in [0.15, 0.2) is 47.1 Å². The van der Waals surface area contributed by atoms with Crippen molar-refractivity contribution >= 4 is 38.5 Å². The predicted octanol–water partition coefficient (Wildman–Crippen LogP) is 5.13. The number of thiophene rings is 1. The van der Waals surface area contributed by atoms with Crippen LogP contribution in [0, 0.1) is 11.6 Å². The summed E-state index contributed by atoms with van der Waals surface area (Å²) in [5, 5.41) is 5.12. The molecule has 6 rings (SSSR count). The maximum atomic E-state index is 14.2. The van der Waals surface area contributed by atoms with Gasteiger partial charge in [0.25, 0.3) is 5.56 Å². The van der Waals surface area contributed by atoms with E-state index in [4.69, 9.17) is 9.72 Å². The predicted molar refractivity (Wildman–Crippen MR) is 136 cm³/mol. The first-order valence-electron chi connectivity index (χ1n) is 12.1. The Labute approximate surface area is 213 Å². The second-order valence-electron chi connectivity index (χ2n) is 8.85. The number of fused-ring (bicyclic) bond motifs is 2. The van der Waals surface area contributed by atoms with Crippen molar-refractivity contribution in [1.82, 2.24) is 29.1 Å². The van der Waals surface area contributed by atoms with Crippen LogP contribution in [0.5, 0.6) is 0 Å². The largest absolute Gasteiger partial charge is 0.358 e. The summed E-state index contributed by atoms with van der Waals surface area (Å²) >= 11 is 1.23. The van der Waals surface area contributed by atoms with E-state index in [2.05, 4.69) is 20.3 Å². The molecule has 1 aromatic carbocycles. The lowest BCUT2D eigenvalue weighted by molar-refractivity contribution is -0.0298. The number of halogens is 2. The highest BCUT2D eigenvalue weighted by Crippen LogP contribution is 2.30. The Hall–Kier alpha value is -3.77. The number of ether oxygens (including phenoxy) is 1. The van der Waals surface area contributed by atoms with Gasteiger partial charge in [-0.2, -0.15) is 0 Å². The Bertz CT molecular complexity index is 1640. The van der Waals surface area contributed by atoms with E-state index in [1.807, 2.05) is 11.5 Å². The smallest absolute Gasteiger partial charge is 0.276 e. The Morgan fingerprint density at radius 1 is 1.19 bits per heavy atom. The van der Waals surface area contributed by atoms with Crippen molar-refractivity contribution in [2.45, 2.75) is 44.9 Å². The summed E-state index contributed by atoms with van der Waals surface area (Å²) < 4.78 is 37.8. The van der Waals surface area contributed by atoms with E-state index in [9.17, 15) is 13.6 Å². The maximum absolute atomic E-state index is 14.2. The molecule has 0 bridgehead atoms. The summed E-state index contributed by atoms with van der Waals surface area (Å²) in [6.07, 6.45) is 6.47. The number of aromatic nitrogens is 6. The molecule has 0 saturated carbocycles. The molecule has 1 N–H and O–H groups in total. The average molecular weight is 524 g/mol. The van der Waals surface area contributed by atoms with Crippen molar-refractivity contribution in [2.75, 3.05) is 11.9 Å². The lowest BCUT2D eigenvalue weighted by atomic mass is 10.1. The van der Waals surface area contributed by atoms with Crippen LogP contribution < -0.4 is 10.9 Å². The molecule has 190 valence electrons. The third-order valence-corrected chi connectivity index (χ3v) is 7.36. The second kappa shape index (κ2) is 9.60. The maximum Gasteiger partial charge on any atom is 0.276 e. The fourth-order valence-electron chi connectivity index (χ4n) is 4.71. The van der Waals surface area contributed by atoms with Crippen LogP contribution in [0.4, 0.5) is 14.6 Å². The van der Waals surface area contributed by atoms with Crippen LogP contribution in [0.2, 0.25) is 0 Å². The van der Waals surface area contributed by atoms with E-state index in [1.54, 1.807) is 17.8 Å². The molecule has 1 aliphatic rings. The number of nitrogens with zero attached hydrogens (tertiary/aromatic N) is 6. The molecular formula is C25H23F2N7O2S. The van der Waals surface area contributed by atoms with Crippen molar-refractivity contribution in [3.05, 3.63) is 70.1 Å². The van der Waals surface area contributed by atoms with Crippen molar-refractivity contribution in [3.8, 4) is 5.69 Å². The van der Waals surface area contributed by atoms with Gasteiger partial charge in [0.2, 0.25) is 0 Å². The Morgan fingerprint density at radius 2 is 2.03 bits per heavy atom. The Kier molecular flexibility index (Phi) is 6.13. The normalized spacial score (nSPS) is 16.9. The molecule has 37 heavy (non-hydrogen) atoms. The topological polar surface area (TPSA) is 99.8 Å². The van der Waals surface area contributed by atoms with E-state index < -0.39 is 23.2 Å². The number of anilines is 1. The molecule has 2 unspecified atom stereocenters. The van der Waals surface area contributed by atoms with E-state index in [0.717, 1.165) is 37.5 Å². The van der Waals surface area contributed by atoms with Gasteiger partial charge in [0.1, 0.15) is 34.7 Å². The molecule has 5 heterocycles. The van der Waals surface area contributed by atoms with Crippen molar-refractivity contribution in [1.29, 1.82) is 0 Å². The van der Waals surface area contributed by atoms with Crippen molar-refractivity contribution < 1.29 is 13.5 Å². The van der Waals surface area contributed by atoms with Crippen LogP contribution in [0.1, 0.15) is 50.7 Å². The highest BCUT2D eigenvalue weighted by Gasteiger charge is 2.25. The van der Waals surface area contributed by atoms with E-state index in [0.29, 0.717) is 46.1 Å². The third kappa shape index (κ3) is 4.25. The molecule has 0 radical (unpaired) electrons. The highest BCUT2D eigenvalue weighted by molar-refractivity contribution is 7.17. The molecule has 9 nitrogen and oxygen atoms in total. The molecule has 0 amide bonds. The van der Waals surface area contributed by atoms with Crippen molar-refractivity contribution in [2.24, 2.45) is 0 Å². The molecule has 4 aromatic heterocycles. The minimum atomic E-state index is -0.784. The number of nitrogens with one attached hydrogen (secondary N) is 1. The van der Waals surface area contributed by atoms with Crippen LogP contribution in [0.25, 0.3) is 27.1 Å². The van der Waals surface area contributed by atoms with E-state index >= 15 is 0 Å². The van der Waals surface area contributed by atoms with Gasteiger partial charge in [-0.05, 0) is 49.3 Å². The number of benzene rings is 1. The lowest BCUT2D eigenvalue weighted by Gasteiger charge is -2.24. The van der Waals surface area contributed by atoms with Gasteiger partial charge in [0, 0.05) is 12.7 Å². The summed E-state index contributed by atoms with van der Waals surface area (Å²) in [6, 6.07) is 4.23. The molecule has 2 atom stereocenters. The van der Waals surface area contributed by atoms with Crippen molar-refractivity contribution in [3.63, 3.8) is 0 Å². The van der Waals surface area contributed by atoms with Gasteiger partial charge in [-0.3, -0.25) is 13.9 Å². The number of imidazole rings is 1. The van der Waals surface area contributed by atoms with Crippen LogP contribution in [0.3, 0.4) is 0 Å². The molecular weight excluding hydrogens is 500 g/mol. The molecule has 1 aliphatic heterocycles. The number of hydrogen-bond acceptors (Lipinski definition) is 8. The van der Waals surface area contributed by atoms with Crippen LogP contribution >= 0.6 is 11.3 Å². The average Bonchev–Trinajstić information content (AvgIpc) is 3.55. The fraction of sp³-hybridized carbons (Fsp3) is 0.320. The first-order chi connectivity index (χ1) is 18.0. The summed E-state index contributed by atoms with van der Waals surface area (Å²) in [7, 11) is 0. The van der Waals surface area contributed by atoms with Gasteiger partial charge < -0.3 is 10.1 Å². The Balaban J connectivity index is 1.46. The zero-order chi connectivity index (χ0) is 25.5. The first-order valence-corrected chi connectivity index (χ1v) is 12.9. The Morgan fingerprint density at radius 3 is 2.78 bits per heavy atom. The van der Waals surface area contributed by atoms with E-state index in [1.165, 1.54) is 22.2 Å². The highest BCUT2D eigenvalue weighted by atomic mass is 32.1. The summed E-state index contributed by atoms with van der Waals surface area (Å²) in [5.41, 5.74) is 1.37. The lowest BCUT2D eigenvalue weighted by Crippen LogP contribution is -2.28. The fourth-order valence-corrected chi connectivity index (χ4v) is 5.47. The van der Waals surface area contributed by atoms with Gasteiger partial charge in [0.05, 0.1) is 23.6 Å². The number of hydrogen-bond donors (Lipinski definition) is 1.